The Hall–Kier alpha value is -4.65. The van der Waals surface area contributed by atoms with Gasteiger partial charge in [-0.25, -0.2) is 16.7 Å². The number of nitrogens with one attached hydrogen (secondary N) is 3. The second-order valence-electron chi connectivity index (χ2n) is 6.27. The maximum atomic E-state index is 11.2. The summed E-state index contributed by atoms with van der Waals surface area (Å²) in [5.41, 5.74) is 7.03. The maximum absolute atomic E-state index is 11.2. The van der Waals surface area contributed by atoms with Gasteiger partial charge in [0.05, 0.1) is 12.4 Å². The van der Waals surface area contributed by atoms with Crippen molar-refractivity contribution in [3.63, 3.8) is 0 Å². The lowest BCUT2D eigenvalue weighted by Gasteiger charge is -2.00. The molecule has 0 heterocycles. The highest BCUT2D eigenvalue weighted by atomic mass is 16.3. The number of hydrogen-bond acceptors (Lipinski definition) is 10. The van der Waals surface area contributed by atoms with Gasteiger partial charge >= 0.3 is 0 Å². The monoisotopic (exact) mass is 460 g/mol. The maximum Gasteiger partial charge on any atom is 0.240 e. The Labute approximate surface area is 188 Å². The van der Waals surface area contributed by atoms with E-state index in [1.54, 1.807) is 0 Å². The highest BCUT2D eigenvalue weighted by Gasteiger charge is 2.04. The number of hydrazone groups is 2. The summed E-state index contributed by atoms with van der Waals surface area (Å²) in [5, 5.41) is 43.9. The van der Waals surface area contributed by atoms with Crippen molar-refractivity contribution < 1.29 is 34.8 Å². The molecule has 0 aliphatic rings. The fourth-order valence-corrected chi connectivity index (χ4v) is 2.00. The van der Waals surface area contributed by atoms with Crippen molar-refractivity contribution in [3.8, 4) is 23.0 Å². The number of benzene rings is 2. The zero-order chi connectivity index (χ0) is 24.8. The van der Waals surface area contributed by atoms with Crippen LogP contribution in [-0.4, -0.2) is 50.6 Å². The molecular weight excluding hydrogens is 436 g/mol. The van der Waals surface area contributed by atoms with E-state index in [0.29, 0.717) is 11.1 Å². The minimum absolute atomic E-state index is 0.0285. The van der Waals surface area contributed by atoms with Gasteiger partial charge in [-0.05, 0) is 24.3 Å². The fourth-order valence-electron chi connectivity index (χ4n) is 2.00. The molecule has 0 aliphatic heterocycles. The molecule has 176 valence electrons. The van der Waals surface area contributed by atoms with Crippen LogP contribution in [0.3, 0.4) is 0 Å². The van der Waals surface area contributed by atoms with Crippen molar-refractivity contribution in [2.75, 3.05) is 0 Å². The van der Waals surface area contributed by atoms with Crippen LogP contribution in [0.1, 0.15) is 30.9 Å². The van der Waals surface area contributed by atoms with Crippen molar-refractivity contribution in [2.45, 2.75) is 19.8 Å². The molecule has 13 nitrogen and oxygen atoms in total. The largest absolute Gasteiger partial charge is 0.508 e. The molecule has 0 unspecified atom stereocenters. The molecule has 0 atom stereocenters. The fraction of sp³-hybridized carbons (Fsp3) is 0.150. The van der Waals surface area contributed by atoms with Crippen molar-refractivity contribution in [2.24, 2.45) is 16.0 Å². The zero-order valence-corrected chi connectivity index (χ0v) is 17.5. The first-order valence-electron chi connectivity index (χ1n) is 9.27. The second kappa shape index (κ2) is 13.6. The van der Waals surface area contributed by atoms with Gasteiger partial charge < -0.3 is 20.4 Å². The van der Waals surface area contributed by atoms with Crippen LogP contribution in [0.15, 0.2) is 46.6 Å². The van der Waals surface area contributed by atoms with E-state index in [4.69, 9.17) is 16.1 Å². The number of phenols is 4. The molecule has 0 spiro atoms. The van der Waals surface area contributed by atoms with E-state index in [0.717, 1.165) is 6.07 Å². The summed E-state index contributed by atoms with van der Waals surface area (Å²) in [6, 6.07) is 8.03. The van der Waals surface area contributed by atoms with Crippen LogP contribution in [0.2, 0.25) is 0 Å². The number of rotatable bonds is 7. The Morgan fingerprint density at radius 2 is 1.27 bits per heavy atom. The summed E-state index contributed by atoms with van der Waals surface area (Å²) in [5.74, 6) is 3.28. The molecule has 0 fully saturated rings. The highest BCUT2D eigenvalue weighted by molar-refractivity contribution is 5.87. The van der Waals surface area contributed by atoms with E-state index >= 15 is 0 Å². The molecule has 2 aromatic carbocycles. The normalized spacial score (nSPS) is 10.4. The molecule has 9 N–H and O–H groups in total. The number of nitrogens with two attached hydrogens (primary N) is 1. The zero-order valence-electron chi connectivity index (χ0n) is 17.5. The Kier molecular flexibility index (Phi) is 10.9. The molecule has 0 saturated heterocycles. The minimum atomic E-state index is -0.460. The molecule has 2 aromatic rings. The van der Waals surface area contributed by atoms with Gasteiger partial charge in [0.25, 0.3) is 0 Å². The molecule has 0 aliphatic carbocycles. The van der Waals surface area contributed by atoms with E-state index < -0.39 is 11.8 Å². The summed E-state index contributed by atoms with van der Waals surface area (Å²) in [6.07, 6.45) is 2.41. The SMILES string of the molecule is CC(=O)N/N=C/c1ccc(O)cc1O.NNC(=O)CCC(=O)N/N=C/c1ccc(O)cc1O. The molecule has 3 amide bonds. The summed E-state index contributed by atoms with van der Waals surface area (Å²) in [7, 11) is 0. The third-order valence-electron chi connectivity index (χ3n) is 3.59. The molecule has 0 bridgehead atoms. The van der Waals surface area contributed by atoms with Crippen LogP contribution in [-0.2, 0) is 14.4 Å². The number of aromatic hydroxyl groups is 4. The Morgan fingerprint density at radius 1 is 0.818 bits per heavy atom. The molecule has 2 rings (SSSR count). The number of nitrogens with zero attached hydrogens (tertiary/aromatic N) is 2. The van der Waals surface area contributed by atoms with Gasteiger partial charge in [0.15, 0.2) is 0 Å². The van der Waals surface area contributed by atoms with E-state index in [1.807, 2.05) is 5.43 Å². The number of phenolic OH excluding ortho intramolecular Hbond substituents is 4. The topological polar surface area (TPSA) is 219 Å². The standard InChI is InChI=1S/C11H14N4O4.C9H10N2O3/c12-14-10(18)3-4-11(19)15-13-6-7-1-2-8(16)5-9(7)17;1-6(12)11-10-5-7-2-3-8(13)4-9(7)14/h1-2,5-6,16-17H,3-4,12H2,(H,14,18)(H,15,19);2-5,13-14H,1H3,(H,11,12)/b13-6+;10-5+. The van der Waals surface area contributed by atoms with Crippen molar-refractivity contribution >= 4 is 30.2 Å². The van der Waals surface area contributed by atoms with Crippen molar-refractivity contribution in [1.82, 2.24) is 16.3 Å². The average Bonchev–Trinajstić information content (AvgIpc) is 2.75. The van der Waals surface area contributed by atoms with Crippen molar-refractivity contribution in [1.29, 1.82) is 0 Å². The first-order chi connectivity index (χ1) is 15.6. The van der Waals surface area contributed by atoms with E-state index in [9.17, 15) is 24.6 Å². The first kappa shape index (κ1) is 26.4. The Balaban J connectivity index is 0.000000346. The van der Waals surface area contributed by atoms with Gasteiger partial charge in [0.1, 0.15) is 23.0 Å². The van der Waals surface area contributed by atoms with Crippen LogP contribution < -0.4 is 22.1 Å². The van der Waals surface area contributed by atoms with Crippen LogP contribution in [0.4, 0.5) is 0 Å². The quantitative estimate of drug-likeness (QED) is 0.120. The van der Waals surface area contributed by atoms with Crippen molar-refractivity contribution in [3.05, 3.63) is 47.5 Å². The number of carbonyl (C=O) groups excluding carboxylic acids is 3. The summed E-state index contributed by atoms with van der Waals surface area (Å²) < 4.78 is 0. The Morgan fingerprint density at radius 3 is 1.70 bits per heavy atom. The predicted octanol–water partition coefficient (Wildman–Crippen LogP) is -0.114. The lowest BCUT2D eigenvalue weighted by atomic mass is 10.2. The van der Waals surface area contributed by atoms with Gasteiger partial charge in [0.2, 0.25) is 17.7 Å². The Bertz CT molecular complexity index is 1040. The van der Waals surface area contributed by atoms with Crippen LogP contribution >= 0.6 is 0 Å². The average molecular weight is 460 g/mol. The number of hydrogen-bond donors (Lipinski definition) is 8. The second-order valence-corrected chi connectivity index (χ2v) is 6.27. The molecule has 0 aromatic heterocycles. The predicted molar refractivity (Wildman–Crippen MR) is 118 cm³/mol. The van der Waals surface area contributed by atoms with Gasteiger partial charge in [-0.15, -0.1) is 0 Å². The lowest BCUT2D eigenvalue weighted by molar-refractivity contribution is -0.126. The highest BCUT2D eigenvalue weighted by Crippen LogP contribution is 2.21. The summed E-state index contributed by atoms with van der Waals surface area (Å²) in [6.45, 7) is 1.33. The summed E-state index contributed by atoms with van der Waals surface area (Å²) >= 11 is 0. The van der Waals surface area contributed by atoms with Crippen LogP contribution in [0.5, 0.6) is 23.0 Å². The number of amides is 3. The number of carbonyl (C=O) groups is 3. The minimum Gasteiger partial charge on any atom is -0.508 e. The molecule has 33 heavy (non-hydrogen) atoms. The molecule has 13 heteroatoms. The van der Waals surface area contributed by atoms with E-state index in [2.05, 4.69) is 21.1 Å². The third-order valence-corrected chi connectivity index (χ3v) is 3.59. The van der Waals surface area contributed by atoms with E-state index in [1.165, 1.54) is 49.7 Å². The van der Waals surface area contributed by atoms with Crippen LogP contribution in [0.25, 0.3) is 0 Å². The van der Waals surface area contributed by atoms with Gasteiger partial charge in [0, 0.05) is 43.0 Å². The van der Waals surface area contributed by atoms with Gasteiger partial charge in [-0.2, -0.15) is 10.2 Å². The molecule has 0 saturated carbocycles. The van der Waals surface area contributed by atoms with E-state index in [-0.39, 0.29) is 41.7 Å². The molecule has 0 radical (unpaired) electrons. The van der Waals surface area contributed by atoms with Gasteiger partial charge in [-0.1, -0.05) is 0 Å². The first-order valence-corrected chi connectivity index (χ1v) is 9.27. The lowest BCUT2D eigenvalue weighted by Crippen LogP contribution is -2.31. The van der Waals surface area contributed by atoms with Gasteiger partial charge in [-0.3, -0.25) is 19.8 Å². The number of hydrazine groups is 1. The summed E-state index contributed by atoms with van der Waals surface area (Å²) in [4.78, 5) is 32.5. The molecular formula is C20H24N6O7. The smallest absolute Gasteiger partial charge is 0.240 e. The third kappa shape index (κ3) is 10.8. The van der Waals surface area contributed by atoms with Crippen LogP contribution in [0, 0.1) is 0 Å².